The molecule has 0 bridgehead atoms. The number of allylic oxidation sites excluding steroid dienone is 3. The van der Waals surface area contributed by atoms with E-state index in [0.29, 0.717) is 5.92 Å². The SMILES string of the molecule is CC1=CC(C)=C(CC(N=NC(C)(C)C)c2ccccc2)C1C. The average molecular weight is 296 g/mol. The van der Waals surface area contributed by atoms with Crippen LogP contribution in [-0.4, -0.2) is 5.54 Å². The third-order valence-electron chi connectivity index (χ3n) is 4.25. The van der Waals surface area contributed by atoms with Gasteiger partial charge in [0.1, 0.15) is 0 Å². The molecule has 0 radical (unpaired) electrons. The van der Waals surface area contributed by atoms with E-state index in [1.807, 2.05) is 0 Å². The van der Waals surface area contributed by atoms with Crippen LogP contribution in [0, 0.1) is 5.92 Å². The fourth-order valence-electron chi connectivity index (χ4n) is 2.87. The molecule has 0 heterocycles. The molecule has 1 aliphatic carbocycles. The van der Waals surface area contributed by atoms with E-state index in [4.69, 9.17) is 5.11 Å². The van der Waals surface area contributed by atoms with Gasteiger partial charge < -0.3 is 0 Å². The van der Waals surface area contributed by atoms with Gasteiger partial charge in [0.05, 0.1) is 11.6 Å². The van der Waals surface area contributed by atoms with Gasteiger partial charge in [0, 0.05) is 0 Å². The molecule has 0 spiro atoms. The molecule has 2 atom stereocenters. The van der Waals surface area contributed by atoms with Gasteiger partial charge in [0.25, 0.3) is 0 Å². The molecule has 2 rings (SSSR count). The topological polar surface area (TPSA) is 24.7 Å². The summed E-state index contributed by atoms with van der Waals surface area (Å²) in [4.78, 5) is 0. The second-order valence-corrected chi connectivity index (χ2v) is 7.34. The predicted octanol–water partition coefficient (Wildman–Crippen LogP) is 6.28. The van der Waals surface area contributed by atoms with Gasteiger partial charge in [-0.05, 0) is 52.5 Å². The van der Waals surface area contributed by atoms with Crippen molar-refractivity contribution in [2.24, 2.45) is 16.1 Å². The Balaban J connectivity index is 2.27. The largest absolute Gasteiger partial charge is 0.188 e. The van der Waals surface area contributed by atoms with Crippen molar-refractivity contribution >= 4 is 0 Å². The van der Waals surface area contributed by atoms with Gasteiger partial charge in [-0.15, -0.1) is 0 Å². The number of azo groups is 1. The highest BCUT2D eigenvalue weighted by Gasteiger charge is 2.23. The van der Waals surface area contributed by atoms with Crippen molar-refractivity contribution in [3.05, 3.63) is 58.7 Å². The van der Waals surface area contributed by atoms with Crippen molar-refractivity contribution in [1.29, 1.82) is 0 Å². The zero-order valence-electron chi connectivity index (χ0n) is 14.7. The lowest BCUT2D eigenvalue weighted by molar-refractivity contribution is 0.505. The van der Waals surface area contributed by atoms with Gasteiger partial charge in [-0.1, -0.05) is 60.1 Å². The Kier molecular flexibility index (Phi) is 5.00. The van der Waals surface area contributed by atoms with E-state index >= 15 is 0 Å². The Morgan fingerprint density at radius 3 is 2.23 bits per heavy atom. The number of rotatable bonds is 4. The number of hydrogen-bond acceptors (Lipinski definition) is 2. The molecule has 0 aromatic heterocycles. The van der Waals surface area contributed by atoms with Gasteiger partial charge in [0.2, 0.25) is 0 Å². The van der Waals surface area contributed by atoms with Crippen LogP contribution in [0.25, 0.3) is 0 Å². The summed E-state index contributed by atoms with van der Waals surface area (Å²) in [7, 11) is 0. The Morgan fingerprint density at radius 2 is 1.73 bits per heavy atom. The van der Waals surface area contributed by atoms with Crippen LogP contribution in [0.4, 0.5) is 0 Å². The molecule has 1 aromatic rings. The highest BCUT2D eigenvalue weighted by molar-refractivity contribution is 5.40. The minimum atomic E-state index is -0.133. The van der Waals surface area contributed by atoms with Crippen molar-refractivity contribution in [3.8, 4) is 0 Å². The normalized spacial score (nSPS) is 20.6. The summed E-state index contributed by atoms with van der Waals surface area (Å²) in [5.41, 5.74) is 5.46. The number of nitrogens with zero attached hydrogens (tertiary/aromatic N) is 2. The van der Waals surface area contributed by atoms with Gasteiger partial charge in [0.15, 0.2) is 0 Å². The molecule has 118 valence electrons. The smallest absolute Gasteiger partial charge is 0.0995 e. The summed E-state index contributed by atoms with van der Waals surface area (Å²) < 4.78 is 0. The maximum atomic E-state index is 4.69. The fourth-order valence-corrected chi connectivity index (χ4v) is 2.87. The lowest BCUT2D eigenvalue weighted by Crippen LogP contribution is -2.10. The van der Waals surface area contributed by atoms with Crippen molar-refractivity contribution in [2.45, 2.75) is 59.5 Å². The van der Waals surface area contributed by atoms with Crippen molar-refractivity contribution in [3.63, 3.8) is 0 Å². The van der Waals surface area contributed by atoms with Gasteiger partial charge in [-0.3, -0.25) is 0 Å². The first kappa shape index (κ1) is 16.7. The summed E-state index contributed by atoms with van der Waals surface area (Å²) in [6.45, 7) is 13.0. The quantitative estimate of drug-likeness (QED) is 0.584. The highest BCUT2D eigenvalue weighted by atomic mass is 15.2. The maximum Gasteiger partial charge on any atom is 0.0995 e. The van der Waals surface area contributed by atoms with Crippen molar-refractivity contribution < 1.29 is 0 Å². The molecule has 1 aliphatic rings. The first-order valence-corrected chi connectivity index (χ1v) is 8.13. The van der Waals surface area contributed by atoms with Crippen LogP contribution < -0.4 is 0 Å². The van der Waals surface area contributed by atoms with E-state index in [2.05, 4.69) is 83.1 Å². The first-order chi connectivity index (χ1) is 10.3. The molecule has 2 heteroatoms. The molecule has 1 aromatic carbocycles. The molecule has 0 fully saturated rings. The van der Waals surface area contributed by atoms with E-state index in [1.165, 1.54) is 22.3 Å². The lowest BCUT2D eigenvalue weighted by atomic mass is 9.90. The second kappa shape index (κ2) is 6.60. The molecule has 0 saturated carbocycles. The summed E-state index contributed by atoms with van der Waals surface area (Å²) >= 11 is 0. The van der Waals surface area contributed by atoms with Crippen molar-refractivity contribution in [2.75, 3.05) is 0 Å². The molecular formula is C20H28N2. The summed E-state index contributed by atoms with van der Waals surface area (Å²) in [5.74, 6) is 0.524. The van der Waals surface area contributed by atoms with Crippen LogP contribution in [0.2, 0.25) is 0 Å². The molecule has 0 amide bonds. The molecule has 22 heavy (non-hydrogen) atoms. The second-order valence-electron chi connectivity index (χ2n) is 7.34. The van der Waals surface area contributed by atoms with E-state index < -0.39 is 0 Å². The zero-order valence-corrected chi connectivity index (χ0v) is 14.7. The Hall–Kier alpha value is -1.70. The van der Waals surface area contributed by atoms with Crippen molar-refractivity contribution in [1.82, 2.24) is 0 Å². The summed E-state index contributed by atoms with van der Waals surface area (Å²) in [6, 6.07) is 10.6. The summed E-state index contributed by atoms with van der Waals surface area (Å²) in [6.07, 6.45) is 3.26. The van der Waals surface area contributed by atoms with E-state index in [9.17, 15) is 0 Å². The molecule has 2 nitrogen and oxygen atoms in total. The molecule has 0 saturated heterocycles. The first-order valence-electron chi connectivity index (χ1n) is 8.13. The van der Waals surface area contributed by atoms with Gasteiger partial charge >= 0.3 is 0 Å². The van der Waals surface area contributed by atoms with E-state index in [-0.39, 0.29) is 11.6 Å². The lowest BCUT2D eigenvalue weighted by Gasteiger charge is -2.19. The van der Waals surface area contributed by atoms with Gasteiger partial charge in [-0.25, -0.2) is 0 Å². The average Bonchev–Trinajstić information content (AvgIpc) is 2.69. The standard InChI is InChI=1S/C20H28N2/c1-14-12-15(2)18(16(14)3)13-19(21-22-20(4,5)6)17-10-8-7-9-11-17/h7-12,16,19H,13H2,1-6H3. The third kappa shape index (κ3) is 4.16. The van der Waals surface area contributed by atoms with Crippen LogP contribution in [0.5, 0.6) is 0 Å². The molecular weight excluding hydrogens is 268 g/mol. The Morgan fingerprint density at radius 1 is 1.09 bits per heavy atom. The van der Waals surface area contributed by atoms with Gasteiger partial charge in [-0.2, -0.15) is 10.2 Å². The predicted molar refractivity (Wildman–Crippen MR) is 94.0 cm³/mol. The van der Waals surface area contributed by atoms with Crippen LogP contribution in [-0.2, 0) is 0 Å². The monoisotopic (exact) mass is 296 g/mol. The van der Waals surface area contributed by atoms with Crippen LogP contribution in [0.3, 0.4) is 0 Å². The maximum absolute atomic E-state index is 4.69. The molecule has 0 aliphatic heterocycles. The minimum Gasteiger partial charge on any atom is -0.188 e. The van der Waals surface area contributed by atoms with Crippen LogP contribution >= 0.6 is 0 Å². The fraction of sp³-hybridized carbons (Fsp3) is 0.500. The summed E-state index contributed by atoms with van der Waals surface area (Å²) in [5, 5.41) is 9.22. The van der Waals surface area contributed by atoms with Crippen LogP contribution in [0.1, 0.15) is 59.6 Å². The van der Waals surface area contributed by atoms with Crippen LogP contribution in [0.15, 0.2) is 63.4 Å². The molecule has 2 unspecified atom stereocenters. The number of benzene rings is 1. The Labute approximate surface area is 135 Å². The third-order valence-corrected chi connectivity index (χ3v) is 4.25. The van der Waals surface area contributed by atoms with E-state index in [1.54, 1.807) is 0 Å². The zero-order chi connectivity index (χ0) is 16.3. The minimum absolute atomic E-state index is 0.104. The van der Waals surface area contributed by atoms with E-state index in [0.717, 1.165) is 6.42 Å². The molecule has 0 N–H and O–H groups in total. The number of hydrogen-bond donors (Lipinski definition) is 0. The Bertz CT molecular complexity index is 600. The highest BCUT2D eigenvalue weighted by Crippen LogP contribution is 2.38.